The topological polar surface area (TPSA) is 48.3 Å². The molecule has 98 valence electrons. The van der Waals surface area contributed by atoms with Crippen molar-refractivity contribution in [1.82, 2.24) is 4.79 Å². The van der Waals surface area contributed by atoms with Gasteiger partial charge in [0.25, 0.3) is 0 Å². The van der Waals surface area contributed by atoms with Crippen LogP contribution in [0.4, 0.5) is 4.48 Å². The van der Waals surface area contributed by atoms with Gasteiger partial charge in [0, 0.05) is 0 Å². The van der Waals surface area contributed by atoms with Crippen LogP contribution >= 0.6 is 0 Å². The second-order valence-corrected chi connectivity index (χ2v) is 3.85. The number of hydrogen-bond donors (Lipinski definition) is 0. The molecule has 0 N–H and O–H groups in total. The second-order valence-electron chi connectivity index (χ2n) is 3.85. The third-order valence-electron chi connectivity index (χ3n) is 2.73. The Hall–Kier alpha value is -2.43. The van der Waals surface area contributed by atoms with Gasteiger partial charge in [-0.15, -0.1) is 0 Å². The van der Waals surface area contributed by atoms with Gasteiger partial charge in [-0.1, -0.05) is 29.3 Å². The third kappa shape index (κ3) is 2.14. The summed E-state index contributed by atoms with van der Waals surface area (Å²) in [4.78, 5) is 24.1. The Morgan fingerprint density at radius 3 is 2.89 bits per heavy atom. The molecule has 0 saturated carbocycles. The normalized spacial score (nSPS) is 10.4. The molecule has 5 heteroatoms. The van der Waals surface area contributed by atoms with E-state index in [0.717, 1.165) is 6.20 Å². The second kappa shape index (κ2) is 5.06. The zero-order valence-electron chi connectivity index (χ0n) is 10.4. The molecule has 0 aliphatic rings. The molecule has 0 saturated heterocycles. The van der Waals surface area contributed by atoms with Crippen LogP contribution in [-0.2, 0) is 4.74 Å². The van der Waals surface area contributed by atoms with Gasteiger partial charge in [-0.3, -0.25) is 4.79 Å². The molecule has 1 heterocycles. The molecule has 0 radical (unpaired) electrons. The molecule has 0 unspecified atom stereocenters. The van der Waals surface area contributed by atoms with Crippen LogP contribution in [0.15, 0.2) is 35.8 Å². The van der Waals surface area contributed by atoms with Crippen LogP contribution in [0, 0.1) is 0 Å². The molecule has 2 aromatic rings. The summed E-state index contributed by atoms with van der Waals surface area (Å²) >= 11 is 0. The number of fused-ring (bicyclic) bond motifs is 1. The minimum absolute atomic E-state index is 0.0930. The first kappa shape index (κ1) is 13.0. The van der Waals surface area contributed by atoms with Gasteiger partial charge in [0.2, 0.25) is 5.43 Å². The molecule has 2 rings (SSSR count). The minimum Gasteiger partial charge on any atom is -0.462 e. The van der Waals surface area contributed by atoms with E-state index in [0.29, 0.717) is 5.56 Å². The fourth-order valence-corrected chi connectivity index (χ4v) is 1.88. The minimum atomic E-state index is -0.834. The zero-order chi connectivity index (χ0) is 14.0. The largest absolute Gasteiger partial charge is 0.462 e. The molecular weight excluding hydrogens is 249 g/mol. The summed E-state index contributed by atoms with van der Waals surface area (Å²) in [5.41, 5.74) is -0.320. The highest BCUT2D eigenvalue weighted by atomic mass is 19.2. The molecular formula is C14H12FNO3. The van der Waals surface area contributed by atoms with Crippen LogP contribution in [0.5, 0.6) is 0 Å². The maximum absolute atomic E-state index is 13.9. The van der Waals surface area contributed by atoms with E-state index in [-0.39, 0.29) is 27.9 Å². The zero-order valence-corrected chi connectivity index (χ0v) is 10.4. The Bertz CT molecular complexity index is 718. The number of aromatic nitrogens is 1. The van der Waals surface area contributed by atoms with Gasteiger partial charge in [0.1, 0.15) is 5.56 Å². The highest BCUT2D eigenvalue weighted by molar-refractivity contribution is 5.96. The summed E-state index contributed by atoms with van der Waals surface area (Å²) in [7, 11) is 0. The Kier molecular flexibility index (Phi) is 3.46. The predicted octanol–water partition coefficient (Wildman–Crippen LogP) is 2.55. The summed E-state index contributed by atoms with van der Waals surface area (Å²) in [5, 5.41) is 0.116. The van der Waals surface area contributed by atoms with E-state index in [1.807, 2.05) is 0 Å². The molecule has 1 aromatic carbocycles. The predicted molar refractivity (Wildman–Crippen MR) is 70.8 cm³/mol. The first-order chi connectivity index (χ1) is 9.10. The van der Waals surface area contributed by atoms with Crippen molar-refractivity contribution < 1.29 is 14.0 Å². The summed E-state index contributed by atoms with van der Waals surface area (Å²) in [5.74, 6) is -0.834. The van der Waals surface area contributed by atoms with E-state index >= 15 is 0 Å². The molecule has 0 bridgehead atoms. The molecule has 0 amide bonds. The molecule has 19 heavy (non-hydrogen) atoms. The van der Waals surface area contributed by atoms with Gasteiger partial charge in [0.15, 0.2) is 0 Å². The molecule has 0 aliphatic carbocycles. The fourth-order valence-electron chi connectivity index (χ4n) is 1.88. The molecule has 0 aliphatic heterocycles. The smallest absolute Gasteiger partial charge is 0.343 e. The van der Waals surface area contributed by atoms with Crippen molar-refractivity contribution in [3.8, 4) is 0 Å². The van der Waals surface area contributed by atoms with Gasteiger partial charge < -0.3 is 4.74 Å². The Labute approximate surface area is 108 Å². The van der Waals surface area contributed by atoms with Crippen molar-refractivity contribution in [2.24, 2.45) is 0 Å². The number of ether oxygens (including phenoxy) is 1. The van der Waals surface area contributed by atoms with E-state index < -0.39 is 11.4 Å². The van der Waals surface area contributed by atoms with E-state index in [1.54, 1.807) is 19.1 Å². The number of benzene rings is 1. The molecule has 0 fully saturated rings. The number of hydrogen-bond acceptors (Lipinski definition) is 3. The van der Waals surface area contributed by atoms with Crippen LogP contribution in [0.25, 0.3) is 17.0 Å². The Balaban J connectivity index is 2.84. The standard InChI is InChI=1S/C14H12FNO3/c1-3-9-6-5-7-11-12(9)13(17)10(8-16(11)15)14(18)19-4-2/h3,5-8H,1,4H2,2H3. The van der Waals surface area contributed by atoms with Crippen molar-refractivity contribution in [3.63, 3.8) is 0 Å². The monoisotopic (exact) mass is 261 g/mol. The van der Waals surface area contributed by atoms with Gasteiger partial charge in [-0.2, -0.15) is 4.79 Å². The molecule has 1 aromatic heterocycles. The molecule has 4 nitrogen and oxygen atoms in total. The molecule has 0 spiro atoms. The highest BCUT2D eigenvalue weighted by Crippen LogP contribution is 2.18. The van der Waals surface area contributed by atoms with Gasteiger partial charge in [-0.25, -0.2) is 4.79 Å². The van der Waals surface area contributed by atoms with Crippen molar-refractivity contribution in [2.75, 3.05) is 6.61 Å². The van der Waals surface area contributed by atoms with Crippen LogP contribution in [0.2, 0.25) is 0 Å². The van der Waals surface area contributed by atoms with Crippen molar-refractivity contribution >= 4 is 22.9 Å². The first-order valence-corrected chi connectivity index (χ1v) is 5.74. The van der Waals surface area contributed by atoms with E-state index in [2.05, 4.69) is 6.58 Å². The lowest BCUT2D eigenvalue weighted by atomic mass is 10.1. The number of nitrogens with zero attached hydrogens (tertiary/aromatic N) is 1. The third-order valence-corrected chi connectivity index (χ3v) is 2.73. The average Bonchev–Trinajstić information content (AvgIpc) is 2.42. The van der Waals surface area contributed by atoms with Crippen LogP contribution in [-0.4, -0.2) is 17.4 Å². The quantitative estimate of drug-likeness (QED) is 0.798. The van der Waals surface area contributed by atoms with Crippen LogP contribution in [0.1, 0.15) is 22.8 Å². The summed E-state index contributed by atoms with van der Waals surface area (Å²) in [6, 6.07) is 4.70. The number of carbonyl (C=O) groups excluding carboxylic acids is 1. The Morgan fingerprint density at radius 2 is 2.26 bits per heavy atom. The Morgan fingerprint density at radius 1 is 1.53 bits per heavy atom. The summed E-state index contributed by atoms with van der Waals surface area (Å²) in [6.07, 6.45) is 2.29. The van der Waals surface area contributed by atoms with Gasteiger partial charge in [-0.05, 0) is 18.6 Å². The fraction of sp³-hybridized carbons (Fsp3) is 0.143. The molecule has 0 atom stereocenters. The van der Waals surface area contributed by atoms with Crippen LogP contribution in [0.3, 0.4) is 0 Å². The lowest BCUT2D eigenvalue weighted by Gasteiger charge is -2.07. The van der Waals surface area contributed by atoms with E-state index in [9.17, 15) is 14.1 Å². The SMILES string of the molecule is C=Cc1cccc2c1c(=O)c(C(=O)OCC)cn2F. The highest BCUT2D eigenvalue weighted by Gasteiger charge is 2.17. The van der Waals surface area contributed by atoms with Gasteiger partial charge in [0.05, 0.1) is 23.7 Å². The van der Waals surface area contributed by atoms with E-state index in [1.165, 1.54) is 12.1 Å². The summed E-state index contributed by atoms with van der Waals surface area (Å²) in [6.45, 7) is 5.31. The number of halogens is 1. The van der Waals surface area contributed by atoms with Crippen molar-refractivity contribution in [3.05, 3.63) is 52.3 Å². The average molecular weight is 261 g/mol. The van der Waals surface area contributed by atoms with Crippen molar-refractivity contribution in [2.45, 2.75) is 6.92 Å². The van der Waals surface area contributed by atoms with Crippen LogP contribution < -0.4 is 5.43 Å². The number of esters is 1. The lowest BCUT2D eigenvalue weighted by Crippen LogP contribution is -2.20. The summed E-state index contributed by atoms with van der Waals surface area (Å²) < 4.78 is 18.6. The maximum Gasteiger partial charge on any atom is 0.343 e. The van der Waals surface area contributed by atoms with Crippen molar-refractivity contribution in [1.29, 1.82) is 0 Å². The van der Waals surface area contributed by atoms with Gasteiger partial charge >= 0.3 is 5.97 Å². The number of rotatable bonds is 3. The maximum atomic E-state index is 13.9. The lowest BCUT2D eigenvalue weighted by molar-refractivity contribution is 0.0523. The number of carbonyl (C=O) groups is 1. The number of pyridine rings is 1. The van der Waals surface area contributed by atoms with E-state index in [4.69, 9.17) is 4.74 Å². The first-order valence-electron chi connectivity index (χ1n) is 5.74.